The van der Waals surface area contributed by atoms with Gasteiger partial charge in [0.15, 0.2) is 6.61 Å². The molecule has 0 aliphatic carbocycles. The van der Waals surface area contributed by atoms with Gasteiger partial charge in [-0.15, -0.1) is 11.3 Å². The minimum atomic E-state index is -0.732. The van der Waals surface area contributed by atoms with Gasteiger partial charge in [-0.2, -0.15) is 0 Å². The van der Waals surface area contributed by atoms with E-state index in [1.165, 1.54) is 11.3 Å². The number of imide groups is 1. The van der Waals surface area contributed by atoms with Crippen LogP contribution in [0.3, 0.4) is 0 Å². The second-order valence-corrected chi connectivity index (χ2v) is 8.44. The molecule has 0 unspecified atom stereocenters. The Kier molecular flexibility index (Phi) is 7.59. The van der Waals surface area contributed by atoms with Gasteiger partial charge < -0.3 is 14.8 Å². The molecule has 0 saturated carbocycles. The number of hydrogen-bond donors (Lipinski definition) is 1. The van der Waals surface area contributed by atoms with Gasteiger partial charge >= 0.3 is 11.9 Å². The van der Waals surface area contributed by atoms with E-state index in [0.717, 1.165) is 15.3 Å². The summed E-state index contributed by atoms with van der Waals surface area (Å²) in [5.74, 6) is -2.81. The smallest absolute Gasteiger partial charge is 0.341 e. The average Bonchev–Trinajstić information content (AvgIpc) is 3.29. The number of hydrogen-bond acceptors (Lipinski definition) is 8. The molecule has 0 radical (unpaired) electrons. The number of carbonyl (C=O) groups is 5. The molecule has 0 bridgehead atoms. The lowest BCUT2D eigenvalue weighted by molar-refractivity contribution is -0.147. The van der Waals surface area contributed by atoms with Crippen molar-refractivity contribution in [1.29, 1.82) is 0 Å². The molecule has 0 saturated heterocycles. The first-order valence-electron chi connectivity index (χ1n) is 10.5. The van der Waals surface area contributed by atoms with E-state index < -0.39 is 36.3 Å². The molecule has 1 aliphatic heterocycles. The molecular weight excluding hydrogens is 448 g/mol. The van der Waals surface area contributed by atoms with Crippen LogP contribution in [0.15, 0.2) is 24.3 Å². The van der Waals surface area contributed by atoms with Gasteiger partial charge in [0.2, 0.25) is 0 Å². The SMILES string of the molecule is CCOC(=O)c1cc(CC)sc1NC(=O)COC(=O)CCN1C(=O)c2ccc(C)cc2C1=O. The number of anilines is 1. The largest absolute Gasteiger partial charge is 0.462 e. The zero-order valence-electron chi connectivity index (χ0n) is 18.6. The van der Waals surface area contributed by atoms with E-state index in [9.17, 15) is 24.0 Å². The number of benzene rings is 1. The second kappa shape index (κ2) is 10.4. The van der Waals surface area contributed by atoms with Crippen molar-refractivity contribution >= 4 is 46.0 Å². The summed E-state index contributed by atoms with van der Waals surface area (Å²) in [6.45, 7) is 4.91. The minimum Gasteiger partial charge on any atom is -0.462 e. The summed E-state index contributed by atoms with van der Waals surface area (Å²) < 4.78 is 9.98. The van der Waals surface area contributed by atoms with E-state index in [-0.39, 0.29) is 25.1 Å². The molecule has 1 aromatic heterocycles. The fourth-order valence-corrected chi connectivity index (χ4v) is 4.26. The van der Waals surface area contributed by atoms with Crippen molar-refractivity contribution in [2.24, 2.45) is 0 Å². The quantitative estimate of drug-likeness (QED) is 0.440. The van der Waals surface area contributed by atoms with E-state index in [0.29, 0.717) is 22.5 Å². The van der Waals surface area contributed by atoms with Crippen molar-refractivity contribution in [1.82, 2.24) is 4.90 Å². The van der Waals surface area contributed by atoms with Crippen LogP contribution in [0.4, 0.5) is 5.00 Å². The van der Waals surface area contributed by atoms with Crippen LogP contribution in [-0.4, -0.2) is 54.3 Å². The molecule has 174 valence electrons. The number of rotatable bonds is 9. The van der Waals surface area contributed by atoms with Gasteiger partial charge in [-0.1, -0.05) is 18.6 Å². The normalized spacial score (nSPS) is 12.5. The Morgan fingerprint density at radius 3 is 2.45 bits per heavy atom. The van der Waals surface area contributed by atoms with Gasteiger partial charge in [0, 0.05) is 11.4 Å². The number of amides is 3. The maximum absolute atomic E-state index is 12.5. The van der Waals surface area contributed by atoms with E-state index >= 15 is 0 Å². The Labute approximate surface area is 194 Å². The minimum absolute atomic E-state index is 0.149. The number of carbonyl (C=O) groups excluding carboxylic acids is 5. The highest BCUT2D eigenvalue weighted by molar-refractivity contribution is 7.16. The van der Waals surface area contributed by atoms with E-state index in [2.05, 4.69) is 5.32 Å². The fourth-order valence-electron chi connectivity index (χ4n) is 3.26. The lowest BCUT2D eigenvalue weighted by Gasteiger charge is -2.13. The molecule has 10 heteroatoms. The molecule has 9 nitrogen and oxygen atoms in total. The molecule has 1 aliphatic rings. The van der Waals surface area contributed by atoms with Gasteiger partial charge in [0.1, 0.15) is 5.00 Å². The summed E-state index contributed by atoms with van der Waals surface area (Å²) in [5.41, 5.74) is 1.72. The molecule has 33 heavy (non-hydrogen) atoms. The van der Waals surface area contributed by atoms with Crippen LogP contribution in [-0.2, 0) is 25.5 Å². The first-order chi connectivity index (χ1) is 15.7. The third-order valence-electron chi connectivity index (χ3n) is 4.91. The van der Waals surface area contributed by atoms with Crippen LogP contribution in [0.2, 0.25) is 0 Å². The summed E-state index contributed by atoms with van der Waals surface area (Å²) in [6.07, 6.45) is 0.435. The topological polar surface area (TPSA) is 119 Å². The van der Waals surface area contributed by atoms with Crippen LogP contribution in [0.25, 0.3) is 0 Å². The lowest BCUT2D eigenvalue weighted by Crippen LogP contribution is -2.32. The third kappa shape index (κ3) is 5.46. The van der Waals surface area contributed by atoms with Crippen LogP contribution < -0.4 is 5.32 Å². The number of thiophene rings is 1. The van der Waals surface area contributed by atoms with Crippen molar-refractivity contribution in [2.75, 3.05) is 25.1 Å². The Morgan fingerprint density at radius 2 is 1.76 bits per heavy atom. The maximum Gasteiger partial charge on any atom is 0.341 e. The van der Waals surface area contributed by atoms with Crippen LogP contribution in [0.1, 0.15) is 61.8 Å². The molecule has 3 amide bonds. The number of aryl methyl sites for hydroxylation is 2. The number of ether oxygens (including phenoxy) is 2. The van der Waals surface area contributed by atoms with Crippen molar-refractivity contribution in [2.45, 2.75) is 33.6 Å². The summed E-state index contributed by atoms with van der Waals surface area (Å²) in [6, 6.07) is 6.63. The van der Waals surface area contributed by atoms with Gasteiger partial charge in [-0.3, -0.25) is 24.1 Å². The number of fused-ring (bicyclic) bond motifs is 1. The Balaban J connectivity index is 1.51. The molecule has 3 rings (SSSR count). The molecule has 2 heterocycles. The monoisotopic (exact) mass is 472 g/mol. The van der Waals surface area contributed by atoms with E-state index in [1.807, 2.05) is 13.8 Å². The highest BCUT2D eigenvalue weighted by Crippen LogP contribution is 2.29. The predicted octanol–water partition coefficient (Wildman–Crippen LogP) is 2.96. The molecule has 1 N–H and O–H groups in total. The number of esters is 2. The van der Waals surface area contributed by atoms with Crippen molar-refractivity contribution in [3.63, 3.8) is 0 Å². The van der Waals surface area contributed by atoms with Gasteiger partial charge in [-0.25, -0.2) is 4.79 Å². The fraction of sp³-hybridized carbons (Fsp3) is 0.348. The van der Waals surface area contributed by atoms with Gasteiger partial charge in [0.05, 0.1) is 29.7 Å². The second-order valence-electron chi connectivity index (χ2n) is 7.30. The highest BCUT2D eigenvalue weighted by atomic mass is 32.1. The zero-order valence-corrected chi connectivity index (χ0v) is 19.4. The third-order valence-corrected chi connectivity index (χ3v) is 6.10. The Hall–Kier alpha value is -3.53. The maximum atomic E-state index is 12.5. The molecule has 0 atom stereocenters. The van der Waals surface area contributed by atoms with Gasteiger partial charge in [0.25, 0.3) is 17.7 Å². The summed E-state index contributed by atoms with van der Waals surface area (Å²) in [5, 5.41) is 2.90. The van der Waals surface area contributed by atoms with Crippen molar-refractivity contribution < 1.29 is 33.4 Å². The first kappa shape index (κ1) is 24.1. The molecular formula is C23H24N2O7S. The first-order valence-corrected chi connectivity index (χ1v) is 11.3. The van der Waals surface area contributed by atoms with Crippen LogP contribution >= 0.6 is 11.3 Å². The van der Waals surface area contributed by atoms with Gasteiger partial charge in [-0.05, 0) is 38.5 Å². The van der Waals surface area contributed by atoms with Crippen LogP contribution in [0.5, 0.6) is 0 Å². The van der Waals surface area contributed by atoms with E-state index in [1.54, 1.807) is 31.2 Å². The summed E-state index contributed by atoms with van der Waals surface area (Å²) in [4.78, 5) is 63.2. The average molecular weight is 473 g/mol. The molecule has 1 aromatic carbocycles. The standard InChI is InChI=1S/C23H24N2O7S/c1-4-14-11-17(23(30)31-5-2)20(33-14)24-18(26)12-32-19(27)8-9-25-21(28)15-7-6-13(3)10-16(15)22(25)29/h6-7,10-11H,4-5,8-9,12H2,1-3H3,(H,24,26). The summed E-state index contributed by atoms with van der Waals surface area (Å²) in [7, 11) is 0. The lowest BCUT2D eigenvalue weighted by atomic mass is 10.1. The molecule has 2 aromatic rings. The van der Waals surface area contributed by atoms with Crippen molar-refractivity contribution in [3.05, 3.63) is 51.4 Å². The highest BCUT2D eigenvalue weighted by Gasteiger charge is 2.35. The molecule has 0 fully saturated rings. The Bertz CT molecular complexity index is 1120. The zero-order chi connectivity index (χ0) is 24.1. The summed E-state index contributed by atoms with van der Waals surface area (Å²) >= 11 is 1.24. The Morgan fingerprint density at radius 1 is 1.03 bits per heavy atom. The molecule has 0 spiro atoms. The van der Waals surface area contributed by atoms with E-state index in [4.69, 9.17) is 9.47 Å². The predicted molar refractivity (Wildman–Crippen MR) is 120 cm³/mol. The van der Waals surface area contributed by atoms with Crippen molar-refractivity contribution in [3.8, 4) is 0 Å². The van der Waals surface area contributed by atoms with Crippen LogP contribution in [0, 0.1) is 6.92 Å². The number of nitrogens with one attached hydrogen (secondary N) is 1. The number of nitrogens with zero attached hydrogens (tertiary/aromatic N) is 1.